The number of rotatable bonds is 2. The van der Waals surface area contributed by atoms with E-state index in [1.807, 2.05) is 13.8 Å². The highest BCUT2D eigenvalue weighted by Gasteiger charge is 2.22. The highest BCUT2D eigenvalue weighted by Crippen LogP contribution is 2.36. The van der Waals surface area contributed by atoms with Crippen LogP contribution in [0.3, 0.4) is 0 Å². The lowest BCUT2D eigenvalue weighted by Gasteiger charge is -2.17. The first-order valence-corrected chi connectivity index (χ1v) is 6.68. The summed E-state index contributed by atoms with van der Waals surface area (Å²) >= 11 is 0. The zero-order valence-electron chi connectivity index (χ0n) is 10.7. The van der Waals surface area contributed by atoms with Crippen molar-refractivity contribution in [2.45, 2.75) is 58.3 Å². The molecule has 0 saturated carbocycles. The lowest BCUT2D eigenvalue weighted by atomic mass is 9.91. The maximum atomic E-state index is 14.5. The number of fused-ring (bicyclic) bond motifs is 1. The Balaban J connectivity index is 2.52. The standard InChI is InChI=1S/C15H21FO/c1-3-10(2)14-13(17)9-11-7-5-4-6-8-12(11)15(14)16/h9-10,17H,3-8H2,1-2H3. The van der Waals surface area contributed by atoms with Crippen LogP contribution < -0.4 is 0 Å². The van der Waals surface area contributed by atoms with Crippen molar-refractivity contribution in [3.05, 3.63) is 28.6 Å². The Hall–Kier alpha value is -1.05. The van der Waals surface area contributed by atoms with E-state index in [-0.39, 0.29) is 17.5 Å². The van der Waals surface area contributed by atoms with Crippen molar-refractivity contribution in [3.8, 4) is 5.75 Å². The minimum Gasteiger partial charge on any atom is -0.508 e. The van der Waals surface area contributed by atoms with Crippen molar-refractivity contribution in [3.63, 3.8) is 0 Å². The third kappa shape index (κ3) is 2.31. The molecule has 2 heteroatoms. The minimum atomic E-state index is -0.142. The summed E-state index contributed by atoms with van der Waals surface area (Å²) in [5, 5.41) is 10.0. The summed E-state index contributed by atoms with van der Waals surface area (Å²) in [6.45, 7) is 4.00. The van der Waals surface area contributed by atoms with Gasteiger partial charge in [-0.2, -0.15) is 0 Å². The first-order valence-electron chi connectivity index (χ1n) is 6.68. The van der Waals surface area contributed by atoms with Gasteiger partial charge in [0.2, 0.25) is 0 Å². The van der Waals surface area contributed by atoms with E-state index in [9.17, 15) is 9.50 Å². The molecule has 17 heavy (non-hydrogen) atoms. The summed E-state index contributed by atoms with van der Waals surface area (Å²) in [5.41, 5.74) is 2.40. The zero-order chi connectivity index (χ0) is 12.4. The Kier molecular flexibility index (Phi) is 3.70. The second-order valence-corrected chi connectivity index (χ2v) is 5.13. The summed E-state index contributed by atoms with van der Waals surface area (Å²) in [6.07, 6.45) is 5.91. The van der Waals surface area contributed by atoms with Crippen molar-refractivity contribution in [1.82, 2.24) is 0 Å². The van der Waals surface area contributed by atoms with Gasteiger partial charge in [-0.25, -0.2) is 4.39 Å². The molecule has 0 heterocycles. The molecule has 1 nitrogen and oxygen atoms in total. The number of halogens is 1. The number of benzene rings is 1. The van der Waals surface area contributed by atoms with Gasteiger partial charge in [-0.3, -0.25) is 0 Å². The third-order valence-electron chi connectivity index (χ3n) is 3.95. The molecule has 0 amide bonds. The molecule has 0 aromatic heterocycles. The van der Waals surface area contributed by atoms with E-state index in [2.05, 4.69) is 0 Å². The fraction of sp³-hybridized carbons (Fsp3) is 0.600. The second-order valence-electron chi connectivity index (χ2n) is 5.13. The SMILES string of the molecule is CCC(C)c1c(O)cc2c(c1F)CCCCC2. The fourth-order valence-electron chi connectivity index (χ4n) is 2.71. The van der Waals surface area contributed by atoms with Crippen LogP contribution in [0.25, 0.3) is 0 Å². The molecule has 0 aliphatic heterocycles. The number of aromatic hydroxyl groups is 1. The highest BCUT2D eigenvalue weighted by molar-refractivity contribution is 5.45. The molecule has 1 aromatic rings. The summed E-state index contributed by atoms with van der Waals surface area (Å²) in [4.78, 5) is 0. The van der Waals surface area contributed by atoms with Crippen LogP contribution in [-0.4, -0.2) is 5.11 Å². The van der Waals surface area contributed by atoms with Crippen LogP contribution in [0.2, 0.25) is 0 Å². The van der Waals surface area contributed by atoms with Gasteiger partial charge < -0.3 is 5.11 Å². The van der Waals surface area contributed by atoms with E-state index < -0.39 is 0 Å². The Labute approximate surface area is 103 Å². The smallest absolute Gasteiger partial charge is 0.133 e. The molecule has 1 aromatic carbocycles. The number of phenolic OH excluding ortho intramolecular Hbond substituents is 1. The molecule has 94 valence electrons. The Bertz CT molecular complexity index is 412. The first-order chi connectivity index (χ1) is 8.15. The third-order valence-corrected chi connectivity index (χ3v) is 3.95. The van der Waals surface area contributed by atoms with Crippen LogP contribution >= 0.6 is 0 Å². The second kappa shape index (κ2) is 5.07. The topological polar surface area (TPSA) is 20.2 Å². The number of aryl methyl sites for hydroxylation is 1. The number of hydrogen-bond acceptors (Lipinski definition) is 1. The average Bonchev–Trinajstić information content (AvgIpc) is 2.54. The summed E-state index contributed by atoms with van der Waals surface area (Å²) in [5.74, 6) is 0.0947. The molecule has 0 bridgehead atoms. The van der Waals surface area contributed by atoms with Gasteiger partial charge in [0.25, 0.3) is 0 Å². The van der Waals surface area contributed by atoms with Gasteiger partial charge in [-0.1, -0.05) is 20.3 Å². The van der Waals surface area contributed by atoms with Gasteiger partial charge in [0.05, 0.1) is 0 Å². The van der Waals surface area contributed by atoms with Gasteiger partial charge in [0, 0.05) is 5.56 Å². The monoisotopic (exact) mass is 236 g/mol. The van der Waals surface area contributed by atoms with Gasteiger partial charge in [0.15, 0.2) is 0 Å². The summed E-state index contributed by atoms with van der Waals surface area (Å²) in [7, 11) is 0. The molecule has 0 saturated heterocycles. The van der Waals surface area contributed by atoms with E-state index in [1.54, 1.807) is 6.07 Å². The summed E-state index contributed by atoms with van der Waals surface area (Å²) < 4.78 is 14.5. The molecule has 0 fully saturated rings. The predicted molar refractivity (Wildman–Crippen MR) is 68.0 cm³/mol. The molecule has 2 rings (SSSR count). The van der Waals surface area contributed by atoms with Crippen LogP contribution in [-0.2, 0) is 12.8 Å². The lowest BCUT2D eigenvalue weighted by molar-refractivity contribution is 0.446. The Morgan fingerprint density at radius 2 is 2.00 bits per heavy atom. The number of phenols is 1. The van der Waals surface area contributed by atoms with Crippen molar-refractivity contribution in [2.24, 2.45) is 0 Å². The minimum absolute atomic E-state index is 0.0866. The average molecular weight is 236 g/mol. The summed E-state index contributed by atoms with van der Waals surface area (Å²) in [6, 6.07) is 1.80. The fourth-order valence-corrected chi connectivity index (χ4v) is 2.71. The Morgan fingerprint density at radius 1 is 1.29 bits per heavy atom. The largest absolute Gasteiger partial charge is 0.508 e. The quantitative estimate of drug-likeness (QED) is 0.758. The molecular formula is C15H21FO. The van der Waals surface area contributed by atoms with E-state index in [0.29, 0.717) is 5.56 Å². The van der Waals surface area contributed by atoms with Crippen LogP contribution in [0.5, 0.6) is 5.75 Å². The molecule has 0 radical (unpaired) electrons. The molecule has 1 aliphatic carbocycles. The predicted octanol–water partition coefficient (Wildman–Crippen LogP) is 4.31. The van der Waals surface area contributed by atoms with Crippen molar-refractivity contribution in [1.29, 1.82) is 0 Å². The highest BCUT2D eigenvalue weighted by atomic mass is 19.1. The van der Waals surface area contributed by atoms with E-state index in [1.165, 1.54) is 0 Å². The van der Waals surface area contributed by atoms with Gasteiger partial charge in [-0.05, 0) is 55.2 Å². The maximum absolute atomic E-state index is 14.5. The molecule has 0 spiro atoms. The van der Waals surface area contributed by atoms with Gasteiger partial charge in [0.1, 0.15) is 11.6 Å². The lowest BCUT2D eigenvalue weighted by Crippen LogP contribution is -2.04. The van der Waals surface area contributed by atoms with Crippen LogP contribution in [0.1, 0.15) is 62.1 Å². The van der Waals surface area contributed by atoms with Crippen LogP contribution in [0.15, 0.2) is 6.07 Å². The Morgan fingerprint density at radius 3 is 2.71 bits per heavy atom. The van der Waals surface area contributed by atoms with Crippen molar-refractivity contribution >= 4 is 0 Å². The van der Waals surface area contributed by atoms with Gasteiger partial charge >= 0.3 is 0 Å². The van der Waals surface area contributed by atoms with Gasteiger partial charge in [-0.15, -0.1) is 0 Å². The van der Waals surface area contributed by atoms with Crippen LogP contribution in [0, 0.1) is 5.82 Å². The zero-order valence-corrected chi connectivity index (χ0v) is 10.7. The van der Waals surface area contributed by atoms with Crippen LogP contribution in [0.4, 0.5) is 4.39 Å². The van der Waals surface area contributed by atoms with Crippen molar-refractivity contribution in [2.75, 3.05) is 0 Å². The molecule has 1 aliphatic rings. The molecular weight excluding hydrogens is 215 g/mol. The molecule has 1 unspecified atom stereocenters. The molecule has 1 atom stereocenters. The van der Waals surface area contributed by atoms with E-state index >= 15 is 0 Å². The molecule has 1 N–H and O–H groups in total. The van der Waals surface area contributed by atoms with Crippen molar-refractivity contribution < 1.29 is 9.50 Å². The normalized spacial score (nSPS) is 17.4. The van der Waals surface area contributed by atoms with E-state index in [4.69, 9.17) is 0 Å². The maximum Gasteiger partial charge on any atom is 0.133 e. The van der Waals surface area contributed by atoms with E-state index in [0.717, 1.165) is 49.7 Å². The number of hydrogen-bond donors (Lipinski definition) is 1. The first kappa shape index (κ1) is 12.4.